The van der Waals surface area contributed by atoms with Crippen molar-refractivity contribution in [3.8, 4) is 0 Å². The lowest BCUT2D eigenvalue weighted by Crippen LogP contribution is -3.14. The first kappa shape index (κ1) is 19.4. The lowest BCUT2D eigenvalue weighted by Gasteiger charge is -2.32. The van der Waals surface area contributed by atoms with Crippen molar-refractivity contribution in [2.75, 3.05) is 13.1 Å². The van der Waals surface area contributed by atoms with E-state index in [1.54, 1.807) is 0 Å². The Balaban J connectivity index is 1.63. The number of nitrogens with one attached hydrogen (secondary N) is 2. The second kappa shape index (κ2) is 7.92. The smallest absolute Gasteiger partial charge is 0.258 e. The molecule has 3 aromatic rings. The summed E-state index contributed by atoms with van der Waals surface area (Å²) in [5, 5.41) is 23.8. The fraction of sp³-hybridized carbons (Fsp3) is 0.545. The molecule has 0 bridgehead atoms. The second-order valence-electron chi connectivity index (χ2n) is 8.89. The number of piperidine rings is 1. The molecule has 1 atom stereocenters. The number of hydrogen-bond donors (Lipinski definition) is 3. The second-order valence-corrected chi connectivity index (χ2v) is 8.89. The Hall–Kier alpha value is -2.58. The zero-order chi connectivity index (χ0) is 20.7. The van der Waals surface area contributed by atoms with Gasteiger partial charge in [0.25, 0.3) is 5.56 Å². The van der Waals surface area contributed by atoms with Crippen LogP contribution in [0, 0.1) is 6.92 Å². The molecule has 158 valence electrons. The van der Waals surface area contributed by atoms with Crippen molar-refractivity contribution >= 4 is 10.9 Å². The van der Waals surface area contributed by atoms with Gasteiger partial charge in [-0.15, -0.1) is 5.10 Å². The molecule has 30 heavy (non-hydrogen) atoms. The minimum atomic E-state index is -0.266. The van der Waals surface area contributed by atoms with Crippen LogP contribution in [0.1, 0.15) is 67.6 Å². The van der Waals surface area contributed by atoms with Gasteiger partial charge >= 0.3 is 0 Å². The van der Waals surface area contributed by atoms with E-state index in [0.29, 0.717) is 11.6 Å². The average molecular weight is 410 g/mol. The summed E-state index contributed by atoms with van der Waals surface area (Å²) in [6.45, 7) is 3.59. The predicted molar refractivity (Wildman–Crippen MR) is 112 cm³/mol. The van der Waals surface area contributed by atoms with Gasteiger partial charge in [0.2, 0.25) is 5.82 Å². The van der Waals surface area contributed by atoms with Crippen molar-refractivity contribution in [1.82, 2.24) is 25.2 Å². The molecule has 3 heterocycles. The number of aromatic amines is 1. The van der Waals surface area contributed by atoms with Crippen LogP contribution in [0.2, 0.25) is 0 Å². The molecular weight excluding hydrogens is 380 g/mol. The highest BCUT2D eigenvalue weighted by atomic mass is 16.3. The molecule has 1 aromatic carbocycles. The predicted octanol–water partition coefficient (Wildman–Crippen LogP) is 1.07. The summed E-state index contributed by atoms with van der Waals surface area (Å²) in [6.07, 6.45) is 5.71. The van der Waals surface area contributed by atoms with E-state index in [-0.39, 0.29) is 17.7 Å². The highest BCUT2D eigenvalue weighted by Crippen LogP contribution is 2.31. The van der Waals surface area contributed by atoms with E-state index in [4.69, 9.17) is 0 Å². The van der Waals surface area contributed by atoms with E-state index in [1.165, 1.54) is 17.7 Å². The van der Waals surface area contributed by atoms with Crippen molar-refractivity contribution in [1.29, 1.82) is 0 Å². The molecule has 0 spiro atoms. The Labute approximate surface area is 174 Å². The van der Waals surface area contributed by atoms with Crippen LogP contribution < -0.4 is 10.5 Å². The van der Waals surface area contributed by atoms with Crippen molar-refractivity contribution in [2.24, 2.45) is 0 Å². The van der Waals surface area contributed by atoms with Gasteiger partial charge in [0.1, 0.15) is 0 Å². The van der Waals surface area contributed by atoms with Crippen molar-refractivity contribution in [3.63, 3.8) is 0 Å². The summed E-state index contributed by atoms with van der Waals surface area (Å²) < 4.78 is 1.97. The molecule has 0 unspecified atom stereocenters. The maximum Gasteiger partial charge on any atom is 0.258 e. The van der Waals surface area contributed by atoms with Crippen molar-refractivity contribution in [2.45, 2.75) is 63.6 Å². The van der Waals surface area contributed by atoms with Crippen LogP contribution in [0.15, 0.2) is 29.1 Å². The van der Waals surface area contributed by atoms with Crippen molar-refractivity contribution < 1.29 is 10.0 Å². The summed E-state index contributed by atoms with van der Waals surface area (Å²) in [5.74, 6) is 0.769. The van der Waals surface area contributed by atoms with Crippen LogP contribution in [0.5, 0.6) is 0 Å². The summed E-state index contributed by atoms with van der Waals surface area (Å²) in [5.41, 5.74) is 2.58. The molecule has 1 saturated heterocycles. The topological polar surface area (TPSA) is 101 Å². The number of aliphatic hydroxyl groups excluding tert-OH is 1. The number of quaternary nitrogens is 1. The largest absolute Gasteiger partial charge is 0.393 e. The monoisotopic (exact) mass is 409 g/mol. The van der Waals surface area contributed by atoms with Crippen molar-refractivity contribution in [3.05, 3.63) is 51.6 Å². The molecule has 5 rings (SSSR count). The Morgan fingerprint density at radius 1 is 1.17 bits per heavy atom. The van der Waals surface area contributed by atoms with E-state index in [0.717, 1.165) is 61.1 Å². The molecule has 0 radical (unpaired) electrons. The number of rotatable bonds is 4. The van der Waals surface area contributed by atoms with E-state index in [1.807, 2.05) is 23.7 Å². The van der Waals surface area contributed by atoms with Gasteiger partial charge in [0.15, 0.2) is 6.04 Å². The van der Waals surface area contributed by atoms with Gasteiger partial charge < -0.3 is 15.0 Å². The normalized spacial score (nSPS) is 23.8. The van der Waals surface area contributed by atoms with E-state index >= 15 is 0 Å². The number of pyridine rings is 1. The highest BCUT2D eigenvalue weighted by Gasteiger charge is 2.37. The molecule has 1 aliphatic heterocycles. The lowest BCUT2D eigenvalue weighted by molar-refractivity contribution is -0.932. The fourth-order valence-electron chi connectivity index (χ4n) is 5.15. The zero-order valence-electron chi connectivity index (χ0n) is 17.3. The Morgan fingerprint density at radius 2 is 1.93 bits per heavy atom. The Kier molecular flexibility index (Phi) is 5.12. The SMILES string of the molecule is Cc1ccc2cc([C@H](c3nnnn3C3CCCC3)[NH+]3CCC(O)CC3)c(=O)[nH]c2c1. The van der Waals surface area contributed by atoms with Gasteiger partial charge in [-0.25, -0.2) is 4.68 Å². The zero-order valence-corrected chi connectivity index (χ0v) is 17.3. The standard InChI is InChI=1S/C22H28N6O2/c1-14-6-7-15-13-18(22(30)23-19(15)12-14)20(27-10-8-17(29)9-11-27)21-24-25-26-28(21)16-4-2-3-5-16/h6-7,12-13,16-17,20,29H,2-5,8-11H2,1H3,(H,23,30)/p+1/t20-/m1/s1. The van der Waals surface area contributed by atoms with Gasteiger partial charge in [-0.2, -0.15) is 0 Å². The van der Waals surface area contributed by atoms with Crippen LogP contribution in [0.25, 0.3) is 10.9 Å². The summed E-state index contributed by atoms with van der Waals surface area (Å²) in [7, 11) is 0. The number of fused-ring (bicyclic) bond motifs is 1. The number of aromatic nitrogens is 5. The molecule has 0 amide bonds. The number of nitrogens with zero attached hydrogens (tertiary/aromatic N) is 4. The maximum absolute atomic E-state index is 13.2. The first-order valence-corrected chi connectivity index (χ1v) is 11.0. The number of H-pyrrole nitrogens is 1. The van der Waals surface area contributed by atoms with Gasteiger partial charge in [-0.1, -0.05) is 25.0 Å². The Morgan fingerprint density at radius 3 is 2.70 bits per heavy atom. The summed E-state index contributed by atoms with van der Waals surface area (Å²) in [6, 6.07) is 8.17. The number of likely N-dealkylation sites (tertiary alicyclic amines) is 1. The molecule has 3 N–H and O–H groups in total. The molecule has 2 fully saturated rings. The molecule has 1 aliphatic carbocycles. The first-order chi connectivity index (χ1) is 14.6. The third-order valence-electron chi connectivity index (χ3n) is 6.79. The third-order valence-corrected chi connectivity index (χ3v) is 6.79. The van der Waals surface area contributed by atoms with E-state index in [9.17, 15) is 9.90 Å². The maximum atomic E-state index is 13.2. The van der Waals surface area contributed by atoms with Gasteiger partial charge in [0.05, 0.1) is 30.8 Å². The average Bonchev–Trinajstić information content (AvgIpc) is 3.42. The summed E-state index contributed by atoms with van der Waals surface area (Å²) in [4.78, 5) is 17.5. The highest BCUT2D eigenvalue weighted by molar-refractivity contribution is 5.79. The first-order valence-electron chi connectivity index (χ1n) is 11.0. The Bertz CT molecular complexity index is 1090. The van der Waals surface area contributed by atoms with Gasteiger partial charge in [-0.3, -0.25) is 4.79 Å². The van der Waals surface area contributed by atoms with E-state index in [2.05, 4.69) is 32.6 Å². The number of hydrogen-bond acceptors (Lipinski definition) is 5. The summed E-state index contributed by atoms with van der Waals surface area (Å²) >= 11 is 0. The fourth-order valence-corrected chi connectivity index (χ4v) is 5.15. The molecule has 8 heteroatoms. The lowest BCUT2D eigenvalue weighted by atomic mass is 9.99. The third kappa shape index (κ3) is 3.54. The van der Waals surface area contributed by atoms with E-state index < -0.39 is 0 Å². The minimum absolute atomic E-state index is 0.0855. The molecular formula is C22H29N6O2+. The van der Waals surface area contributed by atoms with Gasteiger partial charge in [-0.05, 0) is 53.3 Å². The number of aryl methyl sites for hydroxylation is 1. The van der Waals surface area contributed by atoms with Crippen LogP contribution in [-0.2, 0) is 0 Å². The van der Waals surface area contributed by atoms with Crippen LogP contribution in [-0.4, -0.2) is 49.5 Å². The molecule has 1 saturated carbocycles. The molecule has 2 aliphatic rings. The van der Waals surface area contributed by atoms with Gasteiger partial charge in [0, 0.05) is 18.4 Å². The van der Waals surface area contributed by atoms with Crippen LogP contribution in [0.3, 0.4) is 0 Å². The number of aliphatic hydroxyl groups is 1. The van der Waals surface area contributed by atoms with Crippen LogP contribution in [0.4, 0.5) is 0 Å². The minimum Gasteiger partial charge on any atom is -0.393 e. The number of benzene rings is 1. The number of tetrazole rings is 1. The molecule has 8 nitrogen and oxygen atoms in total. The van der Waals surface area contributed by atoms with Crippen LogP contribution >= 0.6 is 0 Å². The quantitative estimate of drug-likeness (QED) is 0.598. The molecule has 2 aromatic heterocycles.